The van der Waals surface area contributed by atoms with Crippen LogP contribution in [-0.4, -0.2) is 30.1 Å². The molecule has 0 saturated heterocycles. The van der Waals surface area contributed by atoms with E-state index < -0.39 is 18.0 Å². The monoisotopic (exact) mass is 425 g/mol. The molecule has 0 spiro atoms. The molecule has 0 aliphatic rings. The van der Waals surface area contributed by atoms with Crippen LogP contribution >= 0.6 is 0 Å². The number of amides is 3. The Labute approximate surface area is 183 Å². The zero-order chi connectivity index (χ0) is 23.0. The topological polar surface area (TPSA) is 96.5 Å². The fourth-order valence-corrected chi connectivity index (χ4v) is 2.89. The molecule has 2 rings (SSSR count). The molecular weight excluding hydrogens is 394 g/mol. The molecule has 0 aliphatic heterocycles. The van der Waals surface area contributed by atoms with Gasteiger partial charge in [0.05, 0.1) is 5.56 Å². The van der Waals surface area contributed by atoms with E-state index in [2.05, 4.69) is 16.0 Å². The van der Waals surface area contributed by atoms with Crippen LogP contribution in [0, 0.1) is 0 Å². The summed E-state index contributed by atoms with van der Waals surface area (Å²) in [5.41, 5.74) is 2.90. The highest BCUT2D eigenvalue weighted by Crippen LogP contribution is 2.24. The van der Waals surface area contributed by atoms with Gasteiger partial charge in [-0.1, -0.05) is 44.2 Å². The lowest BCUT2D eigenvalue weighted by atomic mass is 10.0. The number of hydrogen-bond acceptors (Lipinski definition) is 4. The van der Waals surface area contributed by atoms with Crippen LogP contribution in [0.1, 0.15) is 62.0 Å². The number of carbonyl (C=O) groups is 3. The van der Waals surface area contributed by atoms with Gasteiger partial charge in [0.15, 0.2) is 6.10 Å². The lowest BCUT2D eigenvalue weighted by Crippen LogP contribution is -2.39. The molecule has 7 nitrogen and oxygen atoms in total. The fraction of sp³-hybridized carbons (Fsp3) is 0.375. The summed E-state index contributed by atoms with van der Waals surface area (Å²) in [5, 5.41) is 8.32. The van der Waals surface area contributed by atoms with Gasteiger partial charge in [-0.05, 0) is 56.0 Å². The Hall–Kier alpha value is -3.35. The number of hydrogen-bond donors (Lipinski definition) is 3. The predicted molar refractivity (Wildman–Crippen MR) is 121 cm³/mol. The van der Waals surface area contributed by atoms with Gasteiger partial charge in [0.1, 0.15) is 0 Å². The van der Waals surface area contributed by atoms with Gasteiger partial charge < -0.3 is 20.7 Å². The number of benzene rings is 2. The maximum Gasteiger partial charge on any atom is 0.338 e. The van der Waals surface area contributed by atoms with E-state index >= 15 is 0 Å². The number of nitrogens with one attached hydrogen (secondary N) is 3. The fourth-order valence-electron chi connectivity index (χ4n) is 2.89. The Morgan fingerprint density at radius 1 is 0.903 bits per heavy atom. The minimum absolute atomic E-state index is 0.0511. The quantitative estimate of drug-likeness (QED) is 0.552. The van der Waals surface area contributed by atoms with Crippen LogP contribution in [0.4, 0.5) is 10.5 Å². The molecule has 7 heteroatoms. The first kappa shape index (κ1) is 23.9. The van der Waals surface area contributed by atoms with Crippen molar-refractivity contribution < 1.29 is 19.1 Å². The molecule has 0 heterocycles. The summed E-state index contributed by atoms with van der Waals surface area (Å²) in [6.07, 6.45) is -0.950. The van der Waals surface area contributed by atoms with E-state index in [9.17, 15) is 14.4 Å². The molecule has 3 amide bonds. The van der Waals surface area contributed by atoms with E-state index in [-0.39, 0.29) is 18.0 Å². The first-order valence-electron chi connectivity index (χ1n) is 10.4. The Morgan fingerprint density at radius 3 is 2.16 bits per heavy atom. The van der Waals surface area contributed by atoms with Crippen LogP contribution in [0.5, 0.6) is 0 Å². The van der Waals surface area contributed by atoms with E-state index in [1.807, 2.05) is 52.0 Å². The maximum atomic E-state index is 12.5. The SMILES string of the molecule is CC(C)NC(=O)NCc1ccc(C(=O)O[C@H](C)C(=O)Nc2ccccc2C(C)C)cc1. The van der Waals surface area contributed by atoms with Gasteiger partial charge >= 0.3 is 12.0 Å². The third kappa shape index (κ3) is 7.44. The third-order valence-electron chi connectivity index (χ3n) is 4.56. The molecule has 0 aromatic heterocycles. The first-order chi connectivity index (χ1) is 14.7. The van der Waals surface area contributed by atoms with Crippen LogP contribution < -0.4 is 16.0 Å². The van der Waals surface area contributed by atoms with Gasteiger partial charge in [-0.25, -0.2) is 9.59 Å². The first-order valence-corrected chi connectivity index (χ1v) is 10.4. The number of esters is 1. The highest BCUT2D eigenvalue weighted by molar-refractivity contribution is 5.97. The predicted octanol–water partition coefficient (Wildman–Crippen LogP) is 4.20. The molecule has 0 aliphatic carbocycles. The second-order valence-corrected chi connectivity index (χ2v) is 7.96. The van der Waals surface area contributed by atoms with Crippen LogP contribution in [-0.2, 0) is 16.1 Å². The molecule has 166 valence electrons. The van der Waals surface area contributed by atoms with Crippen molar-refractivity contribution in [3.8, 4) is 0 Å². The van der Waals surface area contributed by atoms with E-state index in [0.717, 1.165) is 11.1 Å². The second kappa shape index (κ2) is 11.2. The van der Waals surface area contributed by atoms with Gasteiger partial charge in [0.25, 0.3) is 5.91 Å². The van der Waals surface area contributed by atoms with Crippen molar-refractivity contribution in [2.45, 2.75) is 59.2 Å². The molecule has 31 heavy (non-hydrogen) atoms. The Kier molecular flexibility index (Phi) is 8.61. The van der Waals surface area contributed by atoms with Gasteiger partial charge in [0, 0.05) is 18.3 Å². The Morgan fingerprint density at radius 2 is 1.55 bits per heavy atom. The van der Waals surface area contributed by atoms with Gasteiger partial charge in [-0.2, -0.15) is 0 Å². The van der Waals surface area contributed by atoms with Crippen molar-refractivity contribution in [3.05, 3.63) is 65.2 Å². The van der Waals surface area contributed by atoms with Gasteiger partial charge in [0.2, 0.25) is 0 Å². The second-order valence-electron chi connectivity index (χ2n) is 7.96. The molecule has 0 unspecified atom stereocenters. The molecule has 0 bridgehead atoms. The zero-order valence-electron chi connectivity index (χ0n) is 18.7. The lowest BCUT2D eigenvalue weighted by Gasteiger charge is -2.17. The standard InChI is InChI=1S/C24H31N3O4/c1-15(2)20-8-6-7-9-21(20)27-22(28)17(5)31-23(29)19-12-10-18(11-13-19)14-25-24(30)26-16(3)4/h6-13,15-17H,14H2,1-5H3,(H,27,28)(H2,25,26,30)/t17-/m1/s1. The van der Waals surface area contributed by atoms with Crippen LogP contribution in [0.2, 0.25) is 0 Å². The van der Waals surface area contributed by atoms with Crippen molar-refractivity contribution in [3.63, 3.8) is 0 Å². The Bertz CT molecular complexity index is 907. The average Bonchev–Trinajstić information content (AvgIpc) is 2.72. The molecule has 2 aromatic carbocycles. The van der Waals surface area contributed by atoms with Crippen LogP contribution in [0.15, 0.2) is 48.5 Å². The highest BCUT2D eigenvalue weighted by Gasteiger charge is 2.20. The summed E-state index contributed by atoms with van der Waals surface area (Å²) in [5.74, 6) is -0.728. The van der Waals surface area contributed by atoms with Crippen molar-refractivity contribution >= 4 is 23.6 Å². The maximum absolute atomic E-state index is 12.5. The Balaban J connectivity index is 1.91. The van der Waals surface area contributed by atoms with Crippen LogP contribution in [0.3, 0.4) is 0 Å². The van der Waals surface area contributed by atoms with E-state index in [1.165, 1.54) is 6.92 Å². The van der Waals surface area contributed by atoms with Crippen molar-refractivity contribution in [2.24, 2.45) is 0 Å². The number of anilines is 1. The summed E-state index contributed by atoms with van der Waals surface area (Å²) < 4.78 is 5.32. The van der Waals surface area contributed by atoms with Crippen molar-refractivity contribution in [1.82, 2.24) is 10.6 Å². The largest absolute Gasteiger partial charge is 0.449 e. The van der Waals surface area contributed by atoms with Gasteiger partial charge in [-0.3, -0.25) is 4.79 Å². The van der Waals surface area contributed by atoms with E-state index in [1.54, 1.807) is 24.3 Å². The minimum Gasteiger partial charge on any atom is -0.449 e. The molecule has 0 saturated carbocycles. The summed E-state index contributed by atoms with van der Waals surface area (Å²) in [4.78, 5) is 36.5. The molecule has 0 radical (unpaired) electrons. The normalized spacial score (nSPS) is 11.7. The lowest BCUT2D eigenvalue weighted by molar-refractivity contribution is -0.123. The van der Waals surface area contributed by atoms with Gasteiger partial charge in [-0.15, -0.1) is 0 Å². The minimum atomic E-state index is -0.950. The van der Waals surface area contributed by atoms with Crippen LogP contribution in [0.25, 0.3) is 0 Å². The number of ether oxygens (including phenoxy) is 1. The molecule has 2 aromatic rings. The zero-order valence-corrected chi connectivity index (χ0v) is 18.7. The molecule has 0 fully saturated rings. The average molecular weight is 426 g/mol. The number of para-hydroxylation sites is 1. The summed E-state index contributed by atoms with van der Waals surface area (Å²) in [7, 11) is 0. The number of carbonyl (C=O) groups excluding carboxylic acids is 3. The van der Waals surface area contributed by atoms with E-state index in [0.29, 0.717) is 17.8 Å². The third-order valence-corrected chi connectivity index (χ3v) is 4.56. The van der Waals surface area contributed by atoms with Crippen molar-refractivity contribution in [2.75, 3.05) is 5.32 Å². The smallest absolute Gasteiger partial charge is 0.338 e. The molecular formula is C24H31N3O4. The summed E-state index contributed by atoms with van der Waals surface area (Å²) >= 11 is 0. The summed E-state index contributed by atoms with van der Waals surface area (Å²) in [6, 6.07) is 14.0. The van der Waals surface area contributed by atoms with Crippen molar-refractivity contribution in [1.29, 1.82) is 0 Å². The number of urea groups is 1. The highest BCUT2D eigenvalue weighted by atomic mass is 16.5. The molecule has 3 N–H and O–H groups in total. The summed E-state index contributed by atoms with van der Waals surface area (Å²) in [6.45, 7) is 9.72. The number of rotatable bonds is 8. The van der Waals surface area contributed by atoms with E-state index in [4.69, 9.17) is 4.74 Å². The molecule has 1 atom stereocenters.